The number of aliphatic hydroxyl groups excluding tert-OH is 2. The summed E-state index contributed by atoms with van der Waals surface area (Å²) in [6.45, 7) is -0.360. The summed E-state index contributed by atoms with van der Waals surface area (Å²) in [5.74, 6) is -1.71. The molecule has 4 rings (SSSR count). The fourth-order valence-electron chi connectivity index (χ4n) is 5.40. The van der Waals surface area contributed by atoms with E-state index in [4.69, 9.17) is 0 Å². The van der Waals surface area contributed by atoms with Crippen LogP contribution in [0.3, 0.4) is 0 Å². The van der Waals surface area contributed by atoms with Gasteiger partial charge >= 0.3 is 6.18 Å². The zero-order valence-corrected chi connectivity index (χ0v) is 21.5. The second-order valence-corrected chi connectivity index (χ2v) is 10.3. The van der Waals surface area contributed by atoms with Gasteiger partial charge in [0.2, 0.25) is 11.8 Å². The van der Waals surface area contributed by atoms with Crippen LogP contribution in [-0.4, -0.2) is 84.1 Å². The van der Waals surface area contributed by atoms with Crippen molar-refractivity contribution in [1.82, 2.24) is 20.9 Å². The van der Waals surface area contributed by atoms with Crippen LogP contribution in [0.1, 0.15) is 29.2 Å². The van der Waals surface area contributed by atoms with Crippen molar-refractivity contribution in [2.75, 3.05) is 32.7 Å². The number of hydrogen-bond donors (Lipinski definition) is 5. The van der Waals surface area contributed by atoms with Crippen molar-refractivity contribution in [3.63, 3.8) is 0 Å². The Hall–Kier alpha value is -2.99. The number of nitrogens with one attached hydrogen (secondary N) is 3. The molecule has 5 atom stereocenters. The largest absolute Gasteiger partial charge is 0.405 e. The summed E-state index contributed by atoms with van der Waals surface area (Å²) in [5, 5.41) is 29.6. The second kappa shape index (κ2) is 12.9. The Kier molecular flexibility index (Phi) is 9.60. The smallest absolute Gasteiger partial charge is 0.392 e. The van der Waals surface area contributed by atoms with Gasteiger partial charge in [-0.1, -0.05) is 54.6 Å². The van der Waals surface area contributed by atoms with Crippen LogP contribution < -0.4 is 16.0 Å². The predicted octanol–water partition coefficient (Wildman–Crippen LogP) is 1.32. The van der Waals surface area contributed by atoms with Crippen molar-refractivity contribution < 1.29 is 33.0 Å². The molecule has 1 saturated heterocycles. The number of benzene rings is 2. The monoisotopic (exact) mass is 548 g/mol. The van der Waals surface area contributed by atoms with Gasteiger partial charge in [0.05, 0.1) is 18.2 Å². The minimum Gasteiger partial charge on any atom is -0.392 e. The first kappa shape index (κ1) is 29.0. The van der Waals surface area contributed by atoms with E-state index in [1.807, 2.05) is 59.9 Å². The molecule has 0 radical (unpaired) electrons. The lowest BCUT2D eigenvalue weighted by Gasteiger charge is -2.36. The first-order chi connectivity index (χ1) is 18.6. The molecule has 212 valence electrons. The molecule has 1 fully saturated rings. The maximum atomic E-state index is 13.5. The number of alkyl halides is 3. The number of β-amino-alcohol motifs (C(OH)–C–C–N with tert-alkyl or cyclic N) is 1. The fourth-order valence-corrected chi connectivity index (χ4v) is 5.40. The van der Waals surface area contributed by atoms with E-state index in [2.05, 4.69) is 10.6 Å². The number of fused-ring (bicyclic) bond motifs is 1. The van der Waals surface area contributed by atoms with Crippen LogP contribution >= 0.6 is 0 Å². The topological polar surface area (TPSA) is 114 Å². The van der Waals surface area contributed by atoms with Crippen molar-refractivity contribution in [3.8, 4) is 0 Å². The molecule has 39 heavy (non-hydrogen) atoms. The third kappa shape index (κ3) is 8.01. The molecule has 0 saturated carbocycles. The van der Waals surface area contributed by atoms with Crippen LogP contribution in [0.2, 0.25) is 0 Å². The minimum atomic E-state index is -4.52. The van der Waals surface area contributed by atoms with Crippen molar-refractivity contribution in [2.45, 2.75) is 49.7 Å². The van der Waals surface area contributed by atoms with Crippen LogP contribution in [0.25, 0.3) is 0 Å². The number of carbonyl (C=O) groups is 2. The highest BCUT2D eigenvalue weighted by molar-refractivity contribution is 5.82. The van der Waals surface area contributed by atoms with E-state index in [-0.39, 0.29) is 25.4 Å². The van der Waals surface area contributed by atoms with Crippen LogP contribution in [0, 0.1) is 5.92 Å². The van der Waals surface area contributed by atoms with Crippen molar-refractivity contribution in [3.05, 3.63) is 71.3 Å². The second-order valence-electron chi connectivity index (χ2n) is 10.3. The zero-order chi connectivity index (χ0) is 28.0. The first-order valence-corrected chi connectivity index (χ1v) is 13.2. The van der Waals surface area contributed by atoms with Gasteiger partial charge in [0.25, 0.3) is 0 Å². The highest BCUT2D eigenvalue weighted by Crippen LogP contribution is 2.32. The van der Waals surface area contributed by atoms with Gasteiger partial charge in [-0.25, -0.2) is 0 Å². The van der Waals surface area contributed by atoms with Gasteiger partial charge in [0.1, 0.15) is 12.6 Å². The molecule has 1 aliphatic carbocycles. The Morgan fingerprint density at radius 2 is 1.82 bits per heavy atom. The highest BCUT2D eigenvalue weighted by Gasteiger charge is 2.36. The molecule has 11 heteroatoms. The molecule has 5 N–H and O–H groups in total. The summed E-state index contributed by atoms with van der Waals surface area (Å²) in [5.41, 5.74) is 2.75. The SMILES string of the molecule is O=C(N[C@H]1c2ccccc2C[C@H]1O)[C@H](Cc1ccccc1)C[C@H](O)CN1CCNC[C@H]1C(=O)NCC(F)(F)F. The predicted molar refractivity (Wildman–Crippen MR) is 139 cm³/mol. The molecular weight excluding hydrogens is 513 g/mol. The third-order valence-electron chi connectivity index (χ3n) is 7.32. The fraction of sp³-hybridized carbons (Fsp3) is 0.500. The number of carbonyl (C=O) groups excluding carboxylic acids is 2. The lowest BCUT2D eigenvalue weighted by molar-refractivity contribution is -0.142. The summed E-state index contributed by atoms with van der Waals surface area (Å²) in [4.78, 5) is 27.6. The van der Waals surface area contributed by atoms with Crippen LogP contribution in [0.5, 0.6) is 0 Å². The number of hydrogen-bond acceptors (Lipinski definition) is 6. The van der Waals surface area contributed by atoms with Crippen LogP contribution in [0.15, 0.2) is 54.6 Å². The maximum Gasteiger partial charge on any atom is 0.405 e. The molecule has 1 aliphatic heterocycles. The Labute approximate surface area is 225 Å². The van der Waals surface area contributed by atoms with Gasteiger partial charge in [-0.15, -0.1) is 0 Å². The molecule has 0 spiro atoms. The third-order valence-corrected chi connectivity index (χ3v) is 7.32. The Balaban J connectivity index is 1.43. The van der Waals surface area contributed by atoms with Crippen LogP contribution in [-0.2, 0) is 22.4 Å². The average molecular weight is 549 g/mol. The summed E-state index contributed by atoms with van der Waals surface area (Å²) < 4.78 is 37.8. The molecule has 2 aromatic rings. The molecule has 2 aromatic carbocycles. The Morgan fingerprint density at radius 1 is 1.10 bits per heavy atom. The van der Waals surface area contributed by atoms with Crippen molar-refractivity contribution >= 4 is 11.8 Å². The normalized spacial score (nSPS) is 23.1. The summed E-state index contributed by atoms with van der Waals surface area (Å²) in [6.07, 6.45) is -5.43. The van der Waals surface area contributed by atoms with E-state index in [1.165, 1.54) is 0 Å². The summed E-state index contributed by atoms with van der Waals surface area (Å²) >= 11 is 0. The average Bonchev–Trinajstić information content (AvgIpc) is 3.22. The van der Waals surface area contributed by atoms with E-state index >= 15 is 0 Å². The number of aliphatic hydroxyl groups is 2. The number of amides is 2. The standard InChI is InChI=1S/C28H35F3N4O4/c29-28(30,31)17-33-27(39)23-15-32-10-11-35(23)16-21(36)13-20(12-18-6-2-1-3-7-18)26(38)34-25-22-9-5-4-8-19(22)14-24(25)37/h1-9,20-21,23-25,32,36-37H,10-17H2,(H,33,39)(H,34,38)/t20-,21+,23+,24-,25+/m1/s1. The lowest BCUT2D eigenvalue weighted by Crippen LogP contribution is -2.60. The van der Waals surface area contributed by atoms with Crippen LogP contribution in [0.4, 0.5) is 13.2 Å². The van der Waals surface area contributed by atoms with Crippen molar-refractivity contribution in [2.24, 2.45) is 5.92 Å². The van der Waals surface area contributed by atoms with E-state index in [9.17, 15) is 33.0 Å². The summed E-state index contributed by atoms with van der Waals surface area (Å²) in [6, 6.07) is 15.5. The van der Waals surface area contributed by atoms with Gasteiger partial charge in [-0.2, -0.15) is 13.2 Å². The Morgan fingerprint density at radius 3 is 2.56 bits per heavy atom. The molecule has 0 unspecified atom stereocenters. The molecule has 0 aromatic heterocycles. The first-order valence-electron chi connectivity index (χ1n) is 13.2. The molecule has 8 nitrogen and oxygen atoms in total. The van der Waals surface area contributed by atoms with E-state index < -0.39 is 48.8 Å². The number of piperazine rings is 1. The van der Waals surface area contributed by atoms with Crippen molar-refractivity contribution in [1.29, 1.82) is 0 Å². The molecule has 2 aliphatic rings. The van der Waals surface area contributed by atoms with E-state index in [1.54, 1.807) is 4.90 Å². The van der Waals surface area contributed by atoms with Gasteiger partial charge in [-0.05, 0) is 29.5 Å². The Bertz CT molecular complexity index is 1120. The highest BCUT2D eigenvalue weighted by atomic mass is 19.4. The van der Waals surface area contributed by atoms with E-state index in [0.29, 0.717) is 25.9 Å². The maximum absolute atomic E-state index is 13.5. The van der Waals surface area contributed by atoms with Gasteiger partial charge in [0, 0.05) is 38.5 Å². The van der Waals surface area contributed by atoms with Gasteiger partial charge < -0.3 is 26.2 Å². The van der Waals surface area contributed by atoms with E-state index in [0.717, 1.165) is 16.7 Å². The molecular formula is C28H35F3N4O4. The lowest BCUT2D eigenvalue weighted by atomic mass is 9.91. The van der Waals surface area contributed by atoms with Gasteiger partial charge in [0.15, 0.2) is 0 Å². The number of nitrogens with zero attached hydrogens (tertiary/aromatic N) is 1. The molecule has 1 heterocycles. The molecule has 0 bridgehead atoms. The summed E-state index contributed by atoms with van der Waals surface area (Å²) in [7, 11) is 0. The zero-order valence-electron chi connectivity index (χ0n) is 21.5. The number of halogens is 3. The number of rotatable bonds is 10. The quantitative estimate of drug-likeness (QED) is 0.306. The minimum absolute atomic E-state index is 0.0270. The van der Waals surface area contributed by atoms with Gasteiger partial charge in [-0.3, -0.25) is 14.5 Å². The molecule has 2 amide bonds.